The SMILES string of the molecule is COc1ccc2c(c1)c(CC(=O)NCCCCCCN(CC(=O)O)Cc1ccccc1)c(C)n2C(=O)c1ccc(Cl)cc1. The molecule has 43 heavy (non-hydrogen) atoms. The number of methoxy groups -OCH3 is 1. The van der Waals surface area contributed by atoms with Crippen molar-refractivity contribution in [1.29, 1.82) is 0 Å². The Morgan fingerprint density at radius 2 is 1.67 bits per heavy atom. The van der Waals surface area contributed by atoms with Crippen LogP contribution in [-0.4, -0.2) is 59.1 Å². The van der Waals surface area contributed by atoms with Crippen molar-refractivity contribution < 1.29 is 24.2 Å². The van der Waals surface area contributed by atoms with E-state index >= 15 is 0 Å². The molecule has 0 aliphatic rings. The molecular weight excluding hydrogens is 566 g/mol. The van der Waals surface area contributed by atoms with Crippen molar-refractivity contribution in [3.8, 4) is 5.75 Å². The smallest absolute Gasteiger partial charge is 0.317 e. The third kappa shape index (κ3) is 8.69. The van der Waals surface area contributed by atoms with Crippen molar-refractivity contribution in [2.24, 2.45) is 0 Å². The van der Waals surface area contributed by atoms with Gasteiger partial charge in [0.1, 0.15) is 5.75 Å². The molecule has 0 atom stereocenters. The number of halogens is 1. The summed E-state index contributed by atoms with van der Waals surface area (Å²) in [6.45, 7) is 3.73. The van der Waals surface area contributed by atoms with Crippen LogP contribution in [0.4, 0.5) is 0 Å². The molecule has 0 radical (unpaired) electrons. The molecule has 9 heteroatoms. The molecule has 0 aliphatic heterocycles. The van der Waals surface area contributed by atoms with E-state index in [-0.39, 0.29) is 24.8 Å². The number of hydrogen-bond donors (Lipinski definition) is 2. The molecule has 0 bridgehead atoms. The average molecular weight is 604 g/mol. The Balaban J connectivity index is 1.31. The number of fused-ring (bicyclic) bond motifs is 1. The molecular formula is C34H38ClN3O5. The summed E-state index contributed by atoms with van der Waals surface area (Å²) in [5.74, 6) is -0.484. The lowest BCUT2D eigenvalue weighted by atomic mass is 10.1. The number of carboxylic acids is 1. The number of amides is 1. The zero-order valence-electron chi connectivity index (χ0n) is 24.6. The van der Waals surface area contributed by atoms with Crippen LogP contribution in [0.1, 0.15) is 52.9 Å². The molecule has 1 aromatic heterocycles. The molecule has 1 heterocycles. The minimum absolute atomic E-state index is 0.0119. The van der Waals surface area contributed by atoms with Gasteiger partial charge in [-0.2, -0.15) is 0 Å². The minimum atomic E-state index is -0.829. The number of benzene rings is 3. The molecule has 1 amide bonds. The Bertz CT molecular complexity index is 1550. The maximum Gasteiger partial charge on any atom is 0.317 e. The lowest BCUT2D eigenvalue weighted by Crippen LogP contribution is -2.30. The van der Waals surface area contributed by atoms with E-state index < -0.39 is 5.97 Å². The highest BCUT2D eigenvalue weighted by atomic mass is 35.5. The Hall–Kier alpha value is -4.14. The Morgan fingerprint density at radius 3 is 2.37 bits per heavy atom. The molecule has 0 unspecified atom stereocenters. The quantitative estimate of drug-likeness (QED) is 0.159. The third-order valence-corrected chi connectivity index (χ3v) is 7.76. The average Bonchev–Trinajstić information content (AvgIpc) is 3.26. The summed E-state index contributed by atoms with van der Waals surface area (Å²) < 4.78 is 7.07. The summed E-state index contributed by atoms with van der Waals surface area (Å²) >= 11 is 6.02. The summed E-state index contributed by atoms with van der Waals surface area (Å²) in [6, 6.07) is 22.1. The fourth-order valence-corrected chi connectivity index (χ4v) is 5.43. The lowest BCUT2D eigenvalue weighted by Gasteiger charge is -2.20. The molecule has 0 fully saturated rings. The first-order valence-electron chi connectivity index (χ1n) is 14.5. The van der Waals surface area contributed by atoms with Crippen LogP contribution < -0.4 is 10.1 Å². The van der Waals surface area contributed by atoms with Crippen molar-refractivity contribution in [2.75, 3.05) is 26.7 Å². The van der Waals surface area contributed by atoms with E-state index in [4.69, 9.17) is 16.3 Å². The predicted octanol–water partition coefficient (Wildman–Crippen LogP) is 6.11. The Morgan fingerprint density at radius 1 is 0.953 bits per heavy atom. The first kappa shape index (κ1) is 31.8. The van der Waals surface area contributed by atoms with Crippen LogP contribution >= 0.6 is 11.6 Å². The molecule has 3 aromatic carbocycles. The van der Waals surface area contributed by atoms with Gasteiger partial charge in [-0.1, -0.05) is 54.8 Å². The number of aliphatic carboxylic acids is 1. The number of nitrogens with one attached hydrogen (secondary N) is 1. The second kappa shape index (κ2) is 15.4. The number of hydrogen-bond acceptors (Lipinski definition) is 5. The van der Waals surface area contributed by atoms with Gasteiger partial charge < -0.3 is 15.2 Å². The molecule has 2 N–H and O–H groups in total. The van der Waals surface area contributed by atoms with E-state index in [9.17, 15) is 19.5 Å². The van der Waals surface area contributed by atoms with Gasteiger partial charge in [0.2, 0.25) is 5.91 Å². The Kier molecular flexibility index (Phi) is 11.4. The summed E-state index contributed by atoms with van der Waals surface area (Å²) in [7, 11) is 1.59. The van der Waals surface area contributed by atoms with E-state index in [1.807, 2.05) is 54.3 Å². The number of ether oxygens (including phenoxy) is 1. The maximum absolute atomic E-state index is 13.5. The number of carbonyl (C=O) groups is 3. The first-order chi connectivity index (χ1) is 20.8. The van der Waals surface area contributed by atoms with Crippen LogP contribution in [0, 0.1) is 6.92 Å². The topological polar surface area (TPSA) is 101 Å². The van der Waals surface area contributed by atoms with Crippen LogP contribution in [0.2, 0.25) is 5.02 Å². The van der Waals surface area contributed by atoms with Crippen LogP contribution in [0.25, 0.3) is 10.9 Å². The lowest BCUT2D eigenvalue weighted by molar-refractivity contribution is -0.138. The van der Waals surface area contributed by atoms with Crippen LogP contribution in [-0.2, 0) is 22.6 Å². The summed E-state index contributed by atoms with van der Waals surface area (Å²) in [6.07, 6.45) is 3.72. The molecule has 226 valence electrons. The van der Waals surface area contributed by atoms with E-state index in [1.165, 1.54) is 0 Å². The highest BCUT2D eigenvalue weighted by molar-refractivity contribution is 6.30. The van der Waals surface area contributed by atoms with E-state index in [0.29, 0.717) is 47.2 Å². The molecule has 0 aliphatic carbocycles. The standard InChI is InChI=1S/C34H38ClN3O5/c1-24-29(30-20-28(43-2)16-17-31(30)38(24)34(42)26-12-14-27(35)15-13-26)21-32(39)36-18-8-3-4-9-19-37(23-33(40)41)22-25-10-6-5-7-11-25/h5-7,10-17,20H,3-4,8-9,18-19,21-23H2,1-2H3,(H,36,39)(H,40,41). The highest BCUT2D eigenvalue weighted by Crippen LogP contribution is 2.31. The van der Waals surface area contributed by atoms with Gasteiger partial charge in [0.15, 0.2) is 0 Å². The number of unbranched alkanes of at least 4 members (excludes halogenated alkanes) is 3. The fourth-order valence-electron chi connectivity index (χ4n) is 5.31. The van der Waals surface area contributed by atoms with E-state index in [0.717, 1.165) is 42.2 Å². The molecule has 0 saturated carbocycles. The number of carbonyl (C=O) groups excluding carboxylic acids is 2. The normalized spacial score (nSPS) is 11.2. The van der Waals surface area contributed by atoms with Gasteiger partial charge in [-0.3, -0.25) is 23.9 Å². The van der Waals surface area contributed by atoms with E-state index in [1.54, 1.807) is 42.0 Å². The van der Waals surface area contributed by atoms with Gasteiger partial charge in [-0.25, -0.2) is 0 Å². The second-order valence-corrected chi connectivity index (χ2v) is 11.1. The first-order valence-corrected chi connectivity index (χ1v) is 14.9. The van der Waals surface area contributed by atoms with Gasteiger partial charge >= 0.3 is 5.97 Å². The number of aromatic nitrogens is 1. The molecule has 0 saturated heterocycles. The fraction of sp³-hybridized carbons (Fsp3) is 0.324. The van der Waals surface area contributed by atoms with Gasteiger partial charge in [0, 0.05) is 34.8 Å². The zero-order chi connectivity index (χ0) is 30.8. The van der Waals surface area contributed by atoms with Crippen molar-refractivity contribution >= 4 is 40.3 Å². The van der Waals surface area contributed by atoms with Crippen molar-refractivity contribution in [3.05, 3.63) is 100 Å². The van der Waals surface area contributed by atoms with Crippen LogP contribution in [0.5, 0.6) is 5.75 Å². The van der Waals surface area contributed by atoms with Crippen molar-refractivity contribution in [3.63, 3.8) is 0 Å². The molecule has 0 spiro atoms. The third-order valence-electron chi connectivity index (χ3n) is 7.50. The van der Waals surface area contributed by atoms with Crippen LogP contribution in [0.15, 0.2) is 72.8 Å². The van der Waals surface area contributed by atoms with Gasteiger partial charge in [0.05, 0.1) is 25.6 Å². The van der Waals surface area contributed by atoms with Gasteiger partial charge in [-0.05, 0) is 79.9 Å². The van der Waals surface area contributed by atoms with Gasteiger partial charge in [-0.15, -0.1) is 0 Å². The number of carboxylic acid groups (broad SMARTS) is 1. The van der Waals surface area contributed by atoms with Crippen molar-refractivity contribution in [2.45, 2.75) is 45.6 Å². The summed E-state index contributed by atoms with van der Waals surface area (Å²) in [4.78, 5) is 39.7. The number of nitrogens with zero attached hydrogens (tertiary/aromatic N) is 2. The zero-order valence-corrected chi connectivity index (χ0v) is 25.4. The summed E-state index contributed by atoms with van der Waals surface area (Å²) in [5.41, 5.74) is 3.80. The van der Waals surface area contributed by atoms with Crippen LogP contribution in [0.3, 0.4) is 0 Å². The predicted molar refractivity (Wildman–Crippen MR) is 169 cm³/mol. The minimum Gasteiger partial charge on any atom is -0.497 e. The highest BCUT2D eigenvalue weighted by Gasteiger charge is 2.22. The maximum atomic E-state index is 13.5. The Labute approximate surface area is 257 Å². The monoisotopic (exact) mass is 603 g/mol. The van der Waals surface area contributed by atoms with Crippen molar-refractivity contribution in [1.82, 2.24) is 14.8 Å². The number of rotatable bonds is 15. The summed E-state index contributed by atoms with van der Waals surface area (Å²) in [5, 5.41) is 13.6. The molecule has 4 aromatic rings. The molecule has 4 rings (SSSR count). The largest absolute Gasteiger partial charge is 0.497 e. The second-order valence-electron chi connectivity index (χ2n) is 10.6. The molecule has 8 nitrogen and oxygen atoms in total. The van der Waals surface area contributed by atoms with Gasteiger partial charge in [0.25, 0.3) is 5.91 Å². The van der Waals surface area contributed by atoms with E-state index in [2.05, 4.69) is 5.32 Å².